The molecule has 0 aliphatic carbocycles. The van der Waals surface area contributed by atoms with Crippen LogP contribution in [0.25, 0.3) is 99.2 Å². The van der Waals surface area contributed by atoms with Crippen molar-refractivity contribution in [2.45, 2.75) is 0 Å². The Hall–Kier alpha value is -7.49. The van der Waals surface area contributed by atoms with Crippen LogP contribution in [0.3, 0.4) is 0 Å². The first kappa shape index (κ1) is 30.3. The number of rotatable bonds is 5. The Bertz CT molecular complexity index is 2960. The molecule has 0 fully saturated rings. The number of aromatic nitrogens is 5. The van der Waals surface area contributed by atoms with Crippen LogP contribution in [0.2, 0.25) is 0 Å². The highest BCUT2D eigenvalue weighted by molar-refractivity contribution is 6.11. The van der Waals surface area contributed by atoms with Crippen molar-refractivity contribution in [2.75, 3.05) is 0 Å². The zero-order chi connectivity index (χ0) is 35.3. The molecule has 0 bridgehead atoms. The second kappa shape index (κ2) is 12.4. The summed E-state index contributed by atoms with van der Waals surface area (Å²) in [5.74, 6) is 1.88. The third-order valence-electron chi connectivity index (χ3n) is 9.95. The summed E-state index contributed by atoms with van der Waals surface area (Å²) in [7, 11) is 0. The van der Waals surface area contributed by atoms with Crippen LogP contribution in [-0.4, -0.2) is 24.5 Å². The van der Waals surface area contributed by atoms with E-state index in [4.69, 9.17) is 21.5 Å². The van der Waals surface area contributed by atoms with Crippen LogP contribution >= 0.6 is 0 Å². The molecule has 3 aromatic heterocycles. The average Bonchev–Trinajstić information content (AvgIpc) is 3.56. The summed E-state index contributed by atoms with van der Waals surface area (Å²) in [4.78, 5) is 23.4. The van der Waals surface area contributed by atoms with Crippen molar-refractivity contribution in [1.82, 2.24) is 24.5 Å². The molecule has 6 heteroatoms. The predicted molar refractivity (Wildman–Crippen MR) is 215 cm³/mol. The van der Waals surface area contributed by atoms with E-state index in [1.165, 1.54) is 0 Å². The fourth-order valence-corrected chi connectivity index (χ4v) is 7.42. The minimum absolute atomic E-state index is 0.610. The molecule has 0 unspecified atom stereocenters. The van der Waals surface area contributed by atoms with E-state index in [2.05, 4.69) is 148 Å². The minimum atomic E-state index is 0.610. The molecular weight excluding hydrogens is 649 g/mol. The van der Waals surface area contributed by atoms with Crippen molar-refractivity contribution in [2.24, 2.45) is 0 Å². The summed E-state index contributed by atoms with van der Waals surface area (Å²) in [5, 5.41) is 6.56. The summed E-state index contributed by atoms with van der Waals surface area (Å²) in [6, 6.07) is 54.0. The first-order valence-electron chi connectivity index (χ1n) is 17.4. The Morgan fingerprint density at radius 2 is 1.02 bits per heavy atom. The van der Waals surface area contributed by atoms with Gasteiger partial charge in [0, 0.05) is 28.3 Å². The Labute approximate surface area is 305 Å². The Morgan fingerprint density at radius 1 is 0.453 bits per heavy atom. The number of nitrogens with zero attached hydrogens (tertiary/aromatic N) is 6. The van der Waals surface area contributed by atoms with Gasteiger partial charge in [-0.15, -0.1) is 0 Å². The largest absolute Gasteiger partial charge is 0.308 e. The second-order valence-electron chi connectivity index (χ2n) is 13.0. The van der Waals surface area contributed by atoms with Gasteiger partial charge in [0.15, 0.2) is 23.2 Å². The summed E-state index contributed by atoms with van der Waals surface area (Å²) in [5.41, 5.74) is 8.64. The molecule has 0 saturated heterocycles. The van der Waals surface area contributed by atoms with Crippen LogP contribution in [0.1, 0.15) is 0 Å². The van der Waals surface area contributed by atoms with Crippen molar-refractivity contribution < 1.29 is 0 Å². The van der Waals surface area contributed by atoms with Gasteiger partial charge in [0.2, 0.25) is 0 Å². The number of pyridine rings is 1. The SMILES string of the molecule is [C-]#[N+]c1ccc2c(c1)c1cc(-c3ccc(-c4nc(-c5cccc6ccccc56)nc(-c5cccc6ccccc56)n4)cc3)ccc1n2-c1cccnc1. The van der Waals surface area contributed by atoms with Gasteiger partial charge in [-0.3, -0.25) is 4.98 Å². The van der Waals surface area contributed by atoms with Gasteiger partial charge < -0.3 is 4.57 Å². The van der Waals surface area contributed by atoms with Crippen molar-refractivity contribution in [3.8, 4) is 51.0 Å². The van der Waals surface area contributed by atoms with Crippen molar-refractivity contribution in [3.05, 3.63) is 182 Å². The van der Waals surface area contributed by atoms with E-state index >= 15 is 0 Å². The Morgan fingerprint density at radius 3 is 1.66 bits per heavy atom. The third kappa shape index (κ3) is 5.19. The Kier molecular flexibility index (Phi) is 7.09. The molecule has 3 heterocycles. The molecule has 53 heavy (non-hydrogen) atoms. The Balaban J connectivity index is 1.11. The van der Waals surface area contributed by atoms with Gasteiger partial charge >= 0.3 is 0 Å². The van der Waals surface area contributed by atoms with Crippen LogP contribution in [-0.2, 0) is 0 Å². The molecule has 246 valence electrons. The van der Waals surface area contributed by atoms with Crippen molar-refractivity contribution in [3.63, 3.8) is 0 Å². The summed E-state index contributed by atoms with van der Waals surface area (Å²) >= 11 is 0. The van der Waals surface area contributed by atoms with Gasteiger partial charge in [0.05, 0.1) is 29.5 Å². The molecule has 10 rings (SSSR count). The fraction of sp³-hybridized carbons (Fsp3) is 0. The lowest BCUT2D eigenvalue weighted by Crippen LogP contribution is -2.01. The van der Waals surface area contributed by atoms with Crippen molar-refractivity contribution in [1.29, 1.82) is 0 Å². The first-order valence-corrected chi connectivity index (χ1v) is 17.4. The molecule has 6 nitrogen and oxygen atoms in total. The van der Waals surface area contributed by atoms with Gasteiger partial charge in [0.25, 0.3) is 0 Å². The van der Waals surface area contributed by atoms with E-state index < -0.39 is 0 Å². The lowest BCUT2D eigenvalue weighted by atomic mass is 10.0. The minimum Gasteiger partial charge on any atom is -0.308 e. The monoisotopic (exact) mass is 676 g/mol. The molecule has 10 aromatic rings. The van der Waals surface area contributed by atoms with Crippen LogP contribution in [0, 0.1) is 6.57 Å². The van der Waals surface area contributed by atoms with E-state index in [0.29, 0.717) is 23.2 Å². The van der Waals surface area contributed by atoms with E-state index in [1.54, 1.807) is 6.20 Å². The van der Waals surface area contributed by atoms with E-state index in [-0.39, 0.29) is 0 Å². The van der Waals surface area contributed by atoms with Crippen LogP contribution in [0.5, 0.6) is 0 Å². The molecule has 0 amide bonds. The molecular formula is C47H28N6. The summed E-state index contributed by atoms with van der Waals surface area (Å²) < 4.78 is 2.21. The van der Waals surface area contributed by atoms with Crippen LogP contribution in [0.4, 0.5) is 5.69 Å². The van der Waals surface area contributed by atoms with E-state index in [1.807, 2.05) is 30.5 Å². The lowest BCUT2D eigenvalue weighted by molar-refractivity contribution is 1.08. The van der Waals surface area contributed by atoms with E-state index in [9.17, 15) is 0 Å². The van der Waals surface area contributed by atoms with Crippen LogP contribution in [0.15, 0.2) is 170 Å². The maximum absolute atomic E-state index is 7.66. The van der Waals surface area contributed by atoms with Gasteiger partial charge in [-0.2, -0.15) is 0 Å². The van der Waals surface area contributed by atoms with Crippen LogP contribution < -0.4 is 0 Å². The number of fused-ring (bicyclic) bond motifs is 5. The zero-order valence-electron chi connectivity index (χ0n) is 28.3. The van der Waals surface area contributed by atoms with Crippen molar-refractivity contribution >= 4 is 49.0 Å². The highest BCUT2D eigenvalue weighted by atomic mass is 15.0. The first-order chi connectivity index (χ1) is 26.2. The van der Waals surface area contributed by atoms with Gasteiger partial charge in [-0.25, -0.2) is 19.8 Å². The topological polar surface area (TPSA) is 60.9 Å². The molecule has 0 aliphatic heterocycles. The third-order valence-corrected chi connectivity index (χ3v) is 9.95. The molecule has 0 N–H and O–H groups in total. The predicted octanol–water partition coefficient (Wildman–Crippen LogP) is 11.9. The van der Waals surface area contributed by atoms with Gasteiger partial charge in [0.1, 0.15) is 0 Å². The molecule has 0 spiro atoms. The maximum atomic E-state index is 7.66. The number of benzene rings is 7. The maximum Gasteiger partial charge on any atom is 0.188 e. The standard InChI is InChI=1S/C47H28N6/c1-48-35-23-25-44-42(28-35)41-27-34(22-24-43(41)53(44)36-13-8-26-49-29-36)30-18-20-33(21-19-30)45-50-46(39-16-6-11-31-9-2-4-14-37(31)39)52-47(51-45)40-17-7-12-32-10-3-5-15-38(32)40/h2-29H. The van der Waals surface area contributed by atoms with Gasteiger partial charge in [-0.1, -0.05) is 121 Å². The summed E-state index contributed by atoms with van der Waals surface area (Å²) in [6.07, 6.45) is 3.65. The quantitative estimate of drug-likeness (QED) is 0.170. The molecule has 7 aromatic carbocycles. The zero-order valence-corrected chi connectivity index (χ0v) is 28.3. The highest BCUT2D eigenvalue weighted by Crippen LogP contribution is 2.38. The molecule has 0 radical (unpaired) electrons. The van der Waals surface area contributed by atoms with Gasteiger partial charge in [-0.05, 0) is 74.5 Å². The smallest absolute Gasteiger partial charge is 0.188 e. The normalized spacial score (nSPS) is 11.4. The average molecular weight is 677 g/mol. The number of hydrogen-bond donors (Lipinski definition) is 0. The molecule has 0 saturated carbocycles. The van der Waals surface area contributed by atoms with E-state index in [0.717, 1.165) is 76.9 Å². The lowest BCUT2D eigenvalue weighted by Gasteiger charge is -2.12. The molecule has 0 aliphatic rings. The summed E-state index contributed by atoms with van der Waals surface area (Å²) in [6.45, 7) is 7.66. The fourth-order valence-electron chi connectivity index (χ4n) is 7.42. The second-order valence-corrected chi connectivity index (χ2v) is 13.0. The number of hydrogen-bond acceptors (Lipinski definition) is 4. The highest BCUT2D eigenvalue weighted by Gasteiger charge is 2.17. The molecule has 0 atom stereocenters.